The minimum atomic E-state index is 0. The van der Waals surface area contributed by atoms with Crippen LogP contribution in [-0.4, -0.2) is 28.0 Å². The number of nitrogens with zero attached hydrogens (tertiary/aromatic N) is 1. The normalized spacial score (nSPS) is 8.33. The predicted octanol–water partition coefficient (Wildman–Crippen LogP) is -1.34. The average Bonchev–Trinajstić information content (AvgIpc) is 2.05. The summed E-state index contributed by atoms with van der Waals surface area (Å²) in [6.07, 6.45) is 1.79. The summed E-state index contributed by atoms with van der Waals surface area (Å²) in [5.41, 5.74) is 1.03. The third-order valence-corrected chi connectivity index (χ3v) is 1.45. The van der Waals surface area contributed by atoms with E-state index in [1.807, 2.05) is 30.3 Å². The van der Waals surface area contributed by atoms with Crippen LogP contribution in [0.15, 0.2) is 36.5 Å². The van der Waals surface area contributed by atoms with E-state index in [0.29, 0.717) is 0 Å². The molecule has 0 saturated carbocycles. The van der Waals surface area contributed by atoms with Crippen LogP contribution >= 0.6 is 0 Å². The molecule has 0 saturated heterocycles. The molecule has 0 amide bonds. The molecular weight excluding hydrogens is 226 g/mol. The van der Waals surface area contributed by atoms with E-state index in [1.165, 1.54) is 0 Å². The molecule has 1 heterocycles. The van der Waals surface area contributed by atoms with Crippen molar-refractivity contribution in [3.05, 3.63) is 42.6 Å². The quantitative estimate of drug-likeness (QED) is 0.405. The van der Waals surface area contributed by atoms with E-state index in [9.17, 15) is 0 Å². The number of fused-ring (bicyclic) bond motifs is 1. The minimum absolute atomic E-state index is 0. The van der Waals surface area contributed by atoms with Gasteiger partial charge in [-0.05, 0) is 5.52 Å². The van der Waals surface area contributed by atoms with Crippen molar-refractivity contribution in [2.75, 3.05) is 0 Å². The molecule has 0 aliphatic heterocycles. The molecule has 12 heavy (non-hydrogen) atoms. The van der Waals surface area contributed by atoms with Crippen molar-refractivity contribution in [3.8, 4) is 0 Å². The summed E-state index contributed by atoms with van der Waals surface area (Å²) in [6.45, 7) is 0. The predicted molar refractivity (Wildman–Crippen MR) is 46.3 cm³/mol. The molecule has 0 atom stereocenters. The minimum Gasteiger partial charge on any atom is -1.00 e. The van der Waals surface area contributed by atoms with E-state index >= 15 is 0 Å². The number of aromatic nitrogens is 1. The fourth-order valence-electron chi connectivity index (χ4n) is 0.956. The fourth-order valence-corrected chi connectivity index (χ4v) is 0.956. The fraction of sp³-hybridized carbons (Fsp3) is 0. The molecule has 0 bridgehead atoms. The number of benzene rings is 1. The van der Waals surface area contributed by atoms with Crippen LogP contribution < -0.4 is 17.0 Å². The van der Waals surface area contributed by atoms with E-state index in [1.54, 1.807) is 6.20 Å². The van der Waals surface area contributed by atoms with Crippen molar-refractivity contribution in [3.63, 3.8) is 0 Å². The topological polar surface area (TPSA) is 12.9 Å². The van der Waals surface area contributed by atoms with Crippen molar-refractivity contribution < 1.29 is 17.0 Å². The molecule has 0 radical (unpaired) electrons. The van der Waals surface area contributed by atoms with Gasteiger partial charge in [0.15, 0.2) is 0 Å². The van der Waals surface area contributed by atoms with Crippen LogP contribution in [0.5, 0.6) is 0 Å². The second-order valence-electron chi connectivity index (χ2n) is 2.12. The summed E-state index contributed by atoms with van der Waals surface area (Å²) in [5.74, 6) is 0. The van der Waals surface area contributed by atoms with E-state index in [-0.39, 0.29) is 40.0 Å². The summed E-state index contributed by atoms with van der Waals surface area (Å²) in [4.78, 5) is 4.16. The molecule has 1 aromatic heterocycles. The van der Waals surface area contributed by atoms with Crippen molar-refractivity contribution >= 4 is 34.0 Å². The van der Waals surface area contributed by atoms with Gasteiger partial charge in [0, 0.05) is 6.20 Å². The molecule has 2 aromatic rings. The molecule has 0 spiro atoms. The Kier molecular flexibility index (Phi) is 5.45. The molecule has 0 N–H and O–H groups in total. The summed E-state index contributed by atoms with van der Waals surface area (Å²) >= 11 is 0. The zero-order valence-electron chi connectivity index (χ0n) is 6.50. The first-order valence-electron chi connectivity index (χ1n) is 3.18. The van der Waals surface area contributed by atoms with Crippen LogP contribution in [0.3, 0.4) is 0 Å². The Morgan fingerprint density at radius 2 is 2.08 bits per heavy atom. The van der Waals surface area contributed by atoms with Gasteiger partial charge in [-0.1, -0.05) is 6.07 Å². The number of rotatable bonds is 0. The maximum absolute atomic E-state index is 4.16. The molecule has 3 heteroatoms. The Balaban J connectivity index is 0.000000605. The number of hydrogen-bond donors (Lipinski definition) is 0. The summed E-state index contributed by atoms with van der Waals surface area (Å²) in [6, 6.07) is 12.7. The molecule has 0 unspecified atom stereocenters. The maximum atomic E-state index is 4.16. The second-order valence-corrected chi connectivity index (χ2v) is 2.12. The van der Waals surface area contributed by atoms with Gasteiger partial charge in [-0.25, -0.2) is 0 Å². The number of pyridine rings is 1. The molecule has 1 nitrogen and oxygen atoms in total. The van der Waals surface area contributed by atoms with Crippen LogP contribution in [0.1, 0.15) is 0 Å². The maximum Gasteiger partial charge on any atom is 2.00 e. The number of hydrogen-bond acceptors (Lipinski definition) is 1. The molecule has 0 fully saturated rings. The van der Waals surface area contributed by atoms with Gasteiger partial charge in [-0.2, -0.15) is 18.2 Å². The Hall–Kier alpha value is -0.124. The molecule has 56 valence electrons. The molecule has 0 aliphatic rings. The second kappa shape index (κ2) is 5.51. The van der Waals surface area contributed by atoms with Crippen LogP contribution in [0.2, 0.25) is 0 Å². The van der Waals surface area contributed by atoms with Gasteiger partial charge < -0.3 is 17.0 Å². The van der Waals surface area contributed by atoms with Crippen molar-refractivity contribution in [2.24, 2.45) is 0 Å². The van der Waals surface area contributed by atoms with Crippen LogP contribution in [0.4, 0.5) is 0 Å². The summed E-state index contributed by atoms with van der Waals surface area (Å²) in [5, 5.41) is 1.14. The molecule has 1 aromatic carbocycles. The first-order valence-corrected chi connectivity index (χ1v) is 3.18. The van der Waals surface area contributed by atoms with Crippen molar-refractivity contribution in [2.45, 2.75) is 0 Å². The van der Waals surface area contributed by atoms with Crippen LogP contribution in [0.25, 0.3) is 10.9 Å². The third-order valence-electron chi connectivity index (χ3n) is 1.45. The Labute approximate surface area is 98.1 Å². The van der Waals surface area contributed by atoms with Gasteiger partial charge in [0.25, 0.3) is 0 Å². The van der Waals surface area contributed by atoms with E-state index < -0.39 is 0 Å². The van der Waals surface area contributed by atoms with Crippen molar-refractivity contribution in [1.82, 2.24) is 4.98 Å². The first-order chi connectivity index (χ1) is 4.97. The SMILES string of the molecule is [Br-].[Mg+2].[c-]1ccc2ncccc2c1. The van der Waals surface area contributed by atoms with Gasteiger partial charge in [0.05, 0.1) is 0 Å². The largest absolute Gasteiger partial charge is 2.00 e. The van der Waals surface area contributed by atoms with E-state index in [0.717, 1.165) is 10.9 Å². The Morgan fingerprint density at radius 1 is 1.25 bits per heavy atom. The molecule has 2 rings (SSSR count). The van der Waals surface area contributed by atoms with Gasteiger partial charge in [-0.3, -0.25) is 4.98 Å². The Bertz CT molecular complexity index is 286. The van der Waals surface area contributed by atoms with Gasteiger partial charge in [0.2, 0.25) is 0 Å². The van der Waals surface area contributed by atoms with Crippen LogP contribution in [-0.2, 0) is 0 Å². The third kappa shape index (κ3) is 2.43. The first kappa shape index (κ1) is 11.9. The zero-order valence-corrected chi connectivity index (χ0v) is 9.50. The van der Waals surface area contributed by atoms with Crippen LogP contribution in [0, 0.1) is 6.07 Å². The van der Waals surface area contributed by atoms with E-state index in [2.05, 4.69) is 11.1 Å². The smallest absolute Gasteiger partial charge is 1.00 e. The summed E-state index contributed by atoms with van der Waals surface area (Å²) in [7, 11) is 0. The molecular formula is C9H6BrMgN. The monoisotopic (exact) mass is 231 g/mol. The van der Waals surface area contributed by atoms with Gasteiger partial charge in [-0.15, -0.1) is 17.5 Å². The standard InChI is InChI=1S/C9H6N.BrH.Mg/c1-2-6-9-8(4-1)5-3-7-10-9;;/h2-7H;1H;/q-1;;+2/p-1. The molecule has 0 aliphatic carbocycles. The number of halogens is 1. The van der Waals surface area contributed by atoms with E-state index in [4.69, 9.17) is 0 Å². The van der Waals surface area contributed by atoms with Gasteiger partial charge in [0.1, 0.15) is 0 Å². The van der Waals surface area contributed by atoms with Gasteiger partial charge >= 0.3 is 23.1 Å². The van der Waals surface area contributed by atoms with Crippen molar-refractivity contribution in [1.29, 1.82) is 0 Å². The summed E-state index contributed by atoms with van der Waals surface area (Å²) < 4.78 is 0. The zero-order chi connectivity index (χ0) is 6.81. The average molecular weight is 232 g/mol. The Morgan fingerprint density at radius 3 is 2.83 bits per heavy atom.